The Kier molecular flexibility index (Phi) is 4.27. The molecule has 0 saturated heterocycles. The lowest BCUT2D eigenvalue weighted by atomic mass is 9.93. The van der Waals surface area contributed by atoms with Gasteiger partial charge < -0.3 is 14.2 Å². The van der Waals surface area contributed by atoms with Gasteiger partial charge >= 0.3 is 0 Å². The van der Waals surface area contributed by atoms with Gasteiger partial charge in [-0.05, 0) is 19.8 Å². The minimum atomic E-state index is 0.378. The van der Waals surface area contributed by atoms with Gasteiger partial charge in [0.25, 0.3) is 0 Å². The van der Waals surface area contributed by atoms with Crippen molar-refractivity contribution in [2.75, 3.05) is 21.3 Å². The van der Waals surface area contributed by atoms with Crippen molar-refractivity contribution in [3.05, 3.63) is 16.7 Å². The molecule has 0 bridgehead atoms. The average Bonchev–Trinajstić information content (AvgIpc) is 2.29. The number of rotatable bonds is 4. The lowest BCUT2D eigenvalue weighted by molar-refractivity contribution is 0.341. The summed E-state index contributed by atoms with van der Waals surface area (Å²) in [7, 11) is 5.01. The smallest absolute Gasteiger partial charge is 0.167 e. The third-order valence-electron chi connectivity index (χ3n) is 3.07. The lowest BCUT2D eigenvalue weighted by Crippen LogP contribution is -2.05. The van der Waals surface area contributed by atoms with Crippen molar-refractivity contribution in [2.45, 2.75) is 33.6 Å². The summed E-state index contributed by atoms with van der Waals surface area (Å²) in [6, 6.07) is 0. The van der Waals surface area contributed by atoms with Gasteiger partial charge in [0.15, 0.2) is 11.5 Å². The highest BCUT2D eigenvalue weighted by molar-refractivity contribution is 5.63. The number of hydrogen-bond acceptors (Lipinski definition) is 3. The van der Waals surface area contributed by atoms with Gasteiger partial charge in [0.1, 0.15) is 5.75 Å². The summed E-state index contributed by atoms with van der Waals surface area (Å²) in [6.07, 6.45) is 0. The molecule has 0 N–H and O–H groups in total. The normalized spacial score (nSPS) is 10.6. The van der Waals surface area contributed by atoms with E-state index in [0.717, 1.165) is 28.4 Å². The maximum atomic E-state index is 5.52. The van der Waals surface area contributed by atoms with Crippen molar-refractivity contribution in [2.24, 2.45) is 0 Å². The van der Waals surface area contributed by atoms with E-state index in [2.05, 4.69) is 13.8 Å². The number of hydrogen-bond donors (Lipinski definition) is 0. The van der Waals surface area contributed by atoms with Crippen LogP contribution in [0.1, 0.15) is 36.5 Å². The molecule has 3 heteroatoms. The molecule has 0 atom stereocenters. The maximum Gasteiger partial charge on any atom is 0.167 e. The zero-order valence-corrected chi connectivity index (χ0v) is 11.8. The Labute approximate surface area is 104 Å². The minimum Gasteiger partial charge on any atom is -0.496 e. The molecular weight excluding hydrogens is 216 g/mol. The SMILES string of the molecule is COc1c(C)c(OC)c(C(C)C)c(C)c1OC. The van der Waals surface area contributed by atoms with Crippen LogP contribution >= 0.6 is 0 Å². The van der Waals surface area contributed by atoms with Gasteiger partial charge in [-0.1, -0.05) is 13.8 Å². The minimum absolute atomic E-state index is 0.378. The van der Waals surface area contributed by atoms with Gasteiger partial charge in [-0.2, -0.15) is 0 Å². The second kappa shape index (κ2) is 5.30. The molecule has 0 saturated carbocycles. The Morgan fingerprint density at radius 2 is 1.12 bits per heavy atom. The second-order valence-electron chi connectivity index (χ2n) is 4.42. The third kappa shape index (κ3) is 2.19. The summed E-state index contributed by atoms with van der Waals surface area (Å²) in [5.41, 5.74) is 3.26. The van der Waals surface area contributed by atoms with Gasteiger partial charge in [0.05, 0.1) is 21.3 Å². The number of benzene rings is 1. The van der Waals surface area contributed by atoms with Gasteiger partial charge in [0, 0.05) is 16.7 Å². The first-order chi connectivity index (χ1) is 7.99. The highest BCUT2D eigenvalue weighted by Gasteiger charge is 2.23. The van der Waals surface area contributed by atoms with E-state index in [1.807, 2.05) is 13.8 Å². The molecule has 0 heterocycles. The summed E-state index contributed by atoms with van der Waals surface area (Å²) < 4.78 is 16.4. The van der Waals surface area contributed by atoms with Crippen molar-refractivity contribution in [1.29, 1.82) is 0 Å². The molecule has 0 unspecified atom stereocenters. The molecule has 17 heavy (non-hydrogen) atoms. The fourth-order valence-electron chi connectivity index (χ4n) is 2.39. The van der Waals surface area contributed by atoms with Crippen LogP contribution in [-0.2, 0) is 0 Å². The predicted molar refractivity (Wildman–Crippen MR) is 69.7 cm³/mol. The monoisotopic (exact) mass is 238 g/mol. The molecule has 0 aliphatic rings. The van der Waals surface area contributed by atoms with Crippen molar-refractivity contribution in [3.8, 4) is 17.2 Å². The van der Waals surface area contributed by atoms with Crippen LogP contribution in [-0.4, -0.2) is 21.3 Å². The van der Waals surface area contributed by atoms with E-state index in [1.165, 1.54) is 5.56 Å². The molecule has 96 valence electrons. The Balaban J connectivity index is 3.67. The maximum absolute atomic E-state index is 5.52. The van der Waals surface area contributed by atoms with Crippen molar-refractivity contribution in [1.82, 2.24) is 0 Å². The van der Waals surface area contributed by atoms with Crippen LogP contribution in [0.5, 0.6) is 17.2 Å². The zero-order chi connectivity index (χ0) is 13.2. The van der Waals surface area contributed by atoms with Gasteiger partial charge in [0.2, 0.25) is 0 Å². The van der Waals surface area contributed by atoms with E-state index < -0.39 is 0 Å². The third-order valence-corrected chi connectivity index (χ3v) is 3.07. The summed E-state index contributed by atoms with van der Waals surface area (Å²) in [5, 5.41) is 0. The average molecular weight is 238 g/mol. The van der Waals surface area contributed by atoms with Gasteiger partial charge in [-0.3, -0.25) is 0 Å². The van der Waals surface area contributed by atoms with E-state index in [4.69, 9.17) is 14.2 Å². The Hall–Kier alpha value is -1.38. The summed E-state index contributed by atoms with van der Waals surface area (Å²) in [6.45, 7) is 8.33. The molecule has 0 aliphatic heterocycles. The van der Waals surface area contributed by atoms with Crippen LogP contribution < -0.4 is 14.2 Å². The van der Waals surface area contributed by atoms with Crippen molar-refractivity contribution < 1.29 is 14.2 Å². The van der Waals surface area contributed by atoms with Crippen LogP contribution in [0, 0.1) is 13.8 Å². The van der Waals surface area contributed by atoms with Crippen LogP contribution in [0.3, 0.4) is 0 Å². The number of methoxy groups -OCH3 is 3. The quantitative estimate of drug-likeness (QED) is 0.804. The first-order valence-electron chi connectivity index (χ1n) is 5.78. The topological polar surface area (TPSA) is 27.7 Å². The van der Waals surface area contributed by atoms with Crippen molar-refractivity contribution >= 4 is 0 Å². The summed E-state index contributed by atoms with van der Waals surface area (Å²) >= 11 is 0. The Bertz CT molecular complexity index is 409. The van der Waals surface area contributed by atoms with Crippen LogP contribution in [0.15, 0.2) is 0 Å². The summed E-state index contributed by atoms with van der Waals surface area (Å²) in [4.78, 5) is 0. The van der Waals surface area contributed by atoms with Crippen LogP contribution in [0.25, 0.3) is 0 Å². The van der Waals surface area contributed by atoms with Crippen LogP contribution in [0.2, 0.25) is 0 Å². The first-order valence-corrected chi connectivity index (χ1v) is 5.78. The van der Waals surface area contributed by atoms with Gasteiger partial charge in [-0.15, -0.1) is 0 Å². The highest BCUT2D eigenvalue weighted by Crippen LogP contribution is 2.45. The van der Waals surface area contributed by atoms with E-state index in [-0.39, 0.29) is 0 Å². The number of ether oxygens (including phenoxy) is 3. The molecule has 1 rings (SSSR count). The van der Waals surface area contributed by atoms with Gasteiger partial charge in [-0.25, -0.2) is 0 Å². The largest absolute Gasteiger partial charge is 0.496 e. The Morgan fingerprint density at radius 3 is 1.47 bits per heavy atom. The molecule has 1 aromatic rings. The molecule has 0 radical (unpaired) electrons. The highest BCUT2D eigenvalue weighted by atomic mass is 16.5. The summed E-state index contributed by atoms with van der Waals surface area (Å²) in [5.74, 6) is 2.83. The molecule has 0 aromatic heterocycles. The molecule has 0 fully saturated rings. The molecule has 0 amide bonds. The van der Waals surface area contributed by atoms with E-state index in [1.54, 1.807) is 21.3 Å². The second-order valence-corrected chi connectivity index (χ2v) is 4.42. The Morgan fingerprint density at radius 1 is 0.706 bits per heavy atom. The first kappa shape index (κ1) is 13.7. The molecular formula is C14H22O3. The fraction of sp³-hybridized carbons (Fsp3) is 0.571. The standard InChI is InChI=1S/C14H22O3/c1-8(2)11-9(3)13(16-6)14(17-7)10(4)12(11)15-5/h8H,1-7H3. The van der Waals surface area contributed by atoms with E-state index in [0.29, 0.717) is 5.92 Å². The fourth-order valence-corrected chi connectivity index (χ4v) is 2.39. The lowest BCUT2D eigenvalue weighted by Gasteiger charge is -2.22. The molecule has 3 nitrogen and oxygen atoms in total. The molecule has 1 aromatic carbocycles. The zero-order valence-electron chi connectivity index (χ0n) is 11.8. The van der Waals surface area contributed by atoms with Crippen LogP contribution in [0.4, 0.5) is 0 Å². The van der Waals surface area contributed by atoms with E-state index in [9.17, 15) is 0 Å². The predicted octanol–water partition coefficient (Wildman–Crippen LogP) is 3.45. The van der Waals surface area contributed by atoms with Crippen molar-refractivity contribution in [3.63, 3.8) is 0 Å². The molecule has 0 aliphatic carbocycles. The van der Waals surface area contributed by atoms with E-state index >= 15 is 0 Å². The molecule has 0 spiro atoms.